The third kappa shape index (κ3) is 2.59. The van der Waals surface area contributed by atoms with Crippen molar-refractivity contribution in [3.05, 3.63) is 52.8 Å². The number of benzene rings is 1. The van der Waals surface area contributed by atoms with Crippen LogP contribution in [0.4, 0.5) is 4.39 Å². The normalized spacial score (nSPS) is 10.6. The summed E-state index contributed by atoms with van der Waals surface area (Å²) in [7, 11) is 0. The zero-order chi connectivity index (χ0) is 13.1. The molecular weight excluding hydrogens is 255 g/mol. The van der Waals surface area contributed by atoms with E-state index < -0.39 is 5.82 Å². The minimum absolute atomic E-state index is 0.0463. The Labute approximate surface area is 109 Å². The summed E-state index contributed by atoms with van der Waals surface area (Å²) >= 11 is 5.64. The van der Waals surface area contributed by atoms with Crippen LogP contribution in [0.1, 0.15) is 23.1 Å². The number of aromatic nitrogens is 2. The van der Waals surface area contributed by atoms with Crippen molar-refractivity contribution >= 4 is 17.4 Å². The third-order valence-electron chi connectivity index (χ3n) is 2.69. The molecule has 0 radical (unpaired) electrons. The van der Waals surface area contributed by atoms with E-state index in [0.717, 1.165) is 12.6 Å². The number of nitrogens with zero attached hydrogens (tertiary/aromatic N) is 2. The van der Waals surface area contributed by atoms with Gasteiger partial charge in [-0.3, -0.25) is 4.79 Å². The van der Waals surface area contributed by atoms with Crippen molar-refractivity contribution < 1.29 is 9.18 Å². The van der Waals surface area contributed by atoms with E-state index in [2.05, 4.69) is 4.98 Å². The lowest BCUT2D eigenvalue weighted by molar-refractivity contribution is 0.0986. The molecule has 0 unspecified atom stereocenters. The van der Waals surface area contributed by atoms with Gasteiger partial charge in [0.25, 0.3) is 0 Å². The number of ketones is 1. The van der Waals surface area contributed by atoms with Crippen molar-refractivity contribution in [3.63, 3.8) is 0 Å². The highest BCUT2D eigenvalue weighted by atomic mass is 35.5. The molecular formula is C13H12ClFN2O. The summed E-state index contributed by atoms with van der Waals surface area (Å²) < 4.78 is 15.4. The molecule has 3 nitrogen and oxygen atoms in total. The SMILES string of the molecule is CCn1ccnc1CC(=O)c1ccc(Cl)cc1F. The van der Waals surface area contributed by atoms with Gasteiger partial charge in [-0.25, -0.2) is 9.37 Å². The van der Waals surface area contributed by atoms with Crippen LogP contribution in [0.5, 0.6) is 0 Å². The van der Waals surface area contributed by atoms with Crippen molar-refractivity contribution in [2.24, 2.45) is 0 Å². The van der Waals surface area contributed by atoms with Crippen LogP contribution in [-0.4, -0.2) is 15.3 Å². The molecule has 0 saturated heterocycles. The van der Waals surface area contributed by atoms with E-state index in [1.54, 1.807) is 12.4 Å². The number of carbonyl (C=O) groups excluding carboxylic acids is 1. The van der Waals surface area contributed by atoms with E-state index in [1.807, 2.05) is 11.5 Å². The summed E-state index contributed by atoms with van der Waals surface area (Å²) in [5, 5.41) is 0.277. The Morgan fingerprint density at radius 1 is 1.50 bits per heavy atom. The zero-order valence-electron chi connectivity index (χ0n) is 9.86. The number of aryl methyl sites for hydroxylation is 1. The van der Waals surface area contributed by atoms with Gasteiger partial charge in [-0.1, -0.05) is 11.6 Å². The number of hydrogen-bond acceptors (Lipinski definition) is 2. The Morgan fingerprint density at radius 2 is 2.28 bits per heavy atom. The predicted octanol–water partition coefficient (Wildman–Crippen LogP) is 3.12. The minimum Gasteiger partial charge on any atom is -0.335 e. The van der Waals surface area contributed by atoms with Crippen LogP contribution >= 0.6 is 11.6 Å². The Morgan fingerprint density at radius 3 is 2.94 bits per heavy atom. The second-order valence-electron chi connectivity index (χ2n) is 3.85. The summed E-state index contributed by atoms with van der Waals surface area (Å²) in [5.74, 6) is -0.260. The molecule has 2 aromatic rings. The standard InChI is InChI=1S/C13H12ClFN2O/c1-2-17-6-5-16-13(17)8-12(18)10-4-3-9(14)7-11(10)15/h3-7H,2,8H2,1H3. The molecule has 94 valence electrons. The van der Waals surface area contributed by atoms with E-state index in [-0.39, 0.29) is 22.8 Å². The summed E-state index contributed by atoms with van der Waals surface area (Å²) in [4.78, 5) is 16.1. The van der Waals surface area contributed by atoms with Gasteiger partial charge in [0.1, 0.15) is 11.6 Å². The number of hydrogen-bond donors (Lipinski definition) is 0. The van der Waals surface area contributed by atoms with Crippen LogP contribution in [0.2, 0.25) is 5.02 Å². The number of halogens is 2. The van der Waals surface area contributed by atoms with Crippen molar-refractivity contribution in [1.82, 2.24) is 9.55 Å². The molecule has 0 aliphatic carbocycles. The van der Waals surface area contributed by atoms with Crippen molar-refractivity contribution in [2.45, 2.75) is 19.9 Å². The quantitative estimate of drug-likeness (QED) is 0.797. The van der Waals surface area contributed by atoms with Crippen molar-refractivity contribution in [2.75, 3.05) is 0 Å². The molecule has 0 amide bonds. The first-order valence-corrected chi connectivity index (χ1v) is 5.98. The monoisotopic (exact) mass is 266 g/mol. The van der Waals surface area contributed by atoms with Crippen LogP contribution in [0.25, 0.3) is 0 Å². The minimum atomic E-state index is -0.595. The number of carbonyl (C=O) groups is 1. The van der Waals surface area contributed by atoms with Gasteiger partial charge in [0.15, 0.2) is 5.78 Å². The molecule has 0 atom stereocenters. The van der Waals surface area contributed by atoms with E-state index in [1.165, 1.54) is 12.1 Å². The van der Waals surface area contributed by atoms with E-state index in [0.29, 0.717) is 5.82 Å². The fraction of sp³-hybridized carbons (Fsp3) is 0.231. The number of Topliss-reactive ketones (excluding diaryl/α,β-unsaturated/α-hetero) is 1. The van der Waals surface area contributed by atoms with E-state index >= 15 is 0 Å². The number of imidazole rings is 1. The lowest BCUT2D eigenvalue weighted by atomic mass is 10.1. The molecule has 1 heterocycles. The van der Waals surface area contributed by atoms with Crippen LogP contribution in [0.15, 0.2) is 30.6 Å². The first-order chi connectivity index (χ1) is 8.61. The topological polar surface area (TPSA) is 34.9 Å². The summed E-state index contributed by atoms with van der Waals surface area (Å²) in [6.07, 6.45) is 3.50. The van der Waals surface area contributed by atoms with Gasteiger partial charge in [-0.15, -0.1) is 0 Å². The molecule has 5 heteroatoms. The Hall–Kier alpha value is -1.68. The fourth-order valence-corrected chi connectivity index (χ4v) is 1.91. The summed E-state index contributed by atoms with van der Waals surface area (Å²) in [6, 6.07) is 4.05. The average Bonchev–Trinajstić information content (AvgIpc) is 2.76. The molecule has 0 aliphatic rings. The lowest BCUT2D eigenvalue weighted by Crippen LogP contribution is -2.11. The predicted molar refractivity (Wildman–Crippen MR) is 67.3 cm³/mol. The third-order valence-corrected chi connectivity index (χ3v) is 2.93. The van der Waals surface area contributed by atoms with Gasteiger partial charge < -0.3 is 4.57 Å². The van der Waals surface area contributed by atoms with Gasteiger partial charge >= 0.3 is 0 Å². The summed E-state index contributed by atoms with van der Waals surface area (Å²) in [5.41, 5.74) is 0.0463. The highest BCUT2D eigenvalue weighted by molar-refractivity contribution is 6.30. The smallest absolute Gasteiger partial charge is 0.173 e. The van der Waals surface area contributed by atoms with Crippen LogP contribution in [0, 0.1) is 5.82 Å². The largest absolute Gasteiger partial charge is 0.335 e. The number of rotatable bonds is 4. The molecule has 0 fully saturated rings. The molecule has 1 aromatic carbocycles. The second kappa shape index (κ2) is 5.31. The molecule has 0 N–H and O–H groups in total. The first-order valence-electron chi connectivity index (χ1n) is 5.60. The molecule has 18 heavy (non-hydrogen) atoms. The van der Waals surface area contributed by atoms with Crippen LogP contribution in [0.3, 0.4) is 0 Å². The molecule has 0 aliphatic heterocycles. The van der Waals surface area contributed by atoms with Crippen LogP contribution in [-0.2, 0) is 13.0 Å². The van der Waals surface area contributed by atoms with Gasteiger partial charge in [-0.2, -0.15) is 0 Å². The average molecular weight is 267 g/mol. The molecule has 1 aromatic heterocycles. The highest BCUT2D eigenvalue weighted by Crippen LogP contribution is 2.16. The molecule has 2 rings (SSSR count). The Kier molecular flexibility index (Phi) is 3.77. The lowest BCUT2D eigenvalue weighted by Gasteiger charge is -2.05. The zero-order valence-corrected chi connectivity index (χ0v) is 10.6. The van der Waals surface area contributed by atoms with Gasteiger partial charge in [0, 0.05) is 24.0 Å². The van der Waals surface area contributed by atoms with Gasteiger partial charge in [-0.05, 0) is 25.1 Å². The van der Waals surface area contributed by atoms with Crippen molar-refractivity contribution in [3.8, 4) is 0 Å². The highest BCUT2D eigenvalue weighted by Gasteiger charge is 2.15. The molecule has 0 bridgehead atoms. The van der Waals surface area contributed by atoms with Crippen LogP contribution < -0.4 is 0 Å². The Balaban J connectivity index is 2.22. The maximum Gasteiger partial charge on any atom is 0.173 e. The van der Waals surface area contributed by atoms with E-state index in [9.17, 15) is 9.18 Å². The maximum absolute atomic E-state index is 13.6. The van der Waals surface area contributed by atoms with E-state index in [4.69, 9.17) is 11.6 Å². The first kappa shape index (κ1) is 12.8. The maximum atomic E-state index is 13.6. The van der Waals surface area contributed by atoms with Crippen molar-refractivity contribution in [1.29, 1.82) is 0 Å². The fourth-order valence-electron chi connectivity index (χ4n) is 1.75. The van der Waals surface area contributed by atoms with Gasteiger partial charge in [0.2, 0.25) is 0 Å². The molecule has 0 spiro atoms. The molecule has 0 saturated carbocycles. The Bertz CT molecular complexity index is 580. The van der Waals surface area contributed by atoms with Gasteiger partial charge in [0.05, 0.1) is 12.0 Å². The summed E-state index contributed by atoms with van der Waals surface area (Å²) in [6.45, 7) is 2.68. The second-order valence-corrected chi connectivity index (χ2v) is 4.29.